The first-order valence-electron chi connectivity index (χ1n) is 5.73. The number of carbonyl (C=O) groups is 1. The van der Waals surface area contributed by atoms with E-state index in [0.717, 1.165) is 5.56 Å². The van der Waals surface area contributed by atoms with Crippen molar-refractivity contribution in [3.63, 3.8) is 0 Å². The number of anilines is 1. The maximum atomic E-state index is 11.2. The minimum Gasteiger partial charge on any atom is -0.477 e. The second kappa shape index (κ2) is 5.70. The molecule has 0 unspecified atom stereocenters. The molecule has 104 valence electrons. The summed E-state index contributed by atoms with van der Waals surface area (Å²) < 4.78 is 0. The first-order valence-corrected chi connectivity index (χ1v) is 6.68. The molecule has 2 aromatic rings. The third kappa shape index (κ3) is 2.77. The van der Waals surface area contributed by atoms with E-state index in [0.29, 0.717) is 12.2 Å². The summed E-state index contributed by atoms with van der Waals surface area (Å²) in [4.78, 5) is 23.3. The van der Waals surface area contributed by atoms with Gasteiger partial charge in [0.2, 0.25) is 0 Å². The molecule has 0 aliphatic heterocycles. The molecule has 1 aromatic heterocycles. The fraction of sp³-hybridized carbons (Fsp3) is 0.154. The van der Waals surface area contributed by atoms with Gasteiger partial charge in [-0.3, -0.25) is 10.1 Å². The van der Waals surface area contributed by atoms with Crippen molar-refractivity contribution in [2.24, 2.45) is 0 Å². The van der Waals surface area contributed by atoms with E-state index in [-0.39, 0.29) is 11.3 Å². The quantitative estimate of drug-likeness (QED) is 0.676. The van der Waals surface area contributed by atoms with E-state index >= 15 is 0 Å². The molecule has 0 amide bonds. The van der Waals surface area contributed by atoms with Crippen molar-refractivity contribution >= 4 is 28.7 Å². The SMILES string of the molecule is CN(Cc1ccsc1)c1cccc(C(=O)O)c1[N+](=O)[O-]. The highest BCUT2D eigenvalue weighted by atomic mass is 32.1. The Balaban J connectivity index is 2.42. The van der Waals surface area contributed by atoms with Crippen LogP contribution >= 0.6 is 11.3 Å². The number of rotatable bonds is 5. The Hall–Kier alpha value is -2.41. The fourth-order valence-electron chi connectivity index (χ4n) is 1.95. The summed E-state index contributed by atoms with van der Waals surface area (Å²) in [6.07, 6.45) is 0. The Morgan fingerprint density at radius 1 is 1.45 bits per heavy atom. The van der Waals surface area contributed by atoms with Crippen LogP contribution in [0.5, 0.6) is 0 Å². The molecular weight excluding hydrogens is 280 g/mol. The Morgan fingerprint density at radius 3 is 2.75 bits per heavy atom. The second-order valence-electron chi connectivity index (χ2n) is 4.22. The number of carboxylic acid groups (broad SMARTS) is 1. The van der Waals surface area contributed by atoms with Crippen molar-refractivity contribution in [1.82, 2.24) is 0 Å². The highest BCUT2D eigenvalue weighted by molar-refractivity contribution is 7.07. The normalized spacial score (nSPS) is 10.2. The Morgan fingerprint density at radius 2 is 2.20 bits per heavy atom. The van der Waals surface area contributed by atoms with Crippen LogP contribution in [0, 0.1) is 10.1 Å². The highest BCUT2D eigenvalue weighted by Gasteiger charge is 2.26. The first-order chi connectivity index (χ1) is 9.50. The standard InChI is InChI=1S/C13H12N2O4S/c1-14(7-9-5-6-20-8-9)11-4-2-3-10(13(16)17)12(11)15(18)19/h2-6,8H,7H2,1H3,(H,16,17). The van der Waals surface area contributed by atoms with Gasteiger partial charge in [-0.05, 0) is 34.5 Å². The molecular formula is C13H12N2O4S. The van der Waals surface area contributed by atoms with E-state index < -0.39 is 10.9 Å². The molecule has 0 bridgehead atoms. The van der Waals surface area contributed by atoms with Crippen molar-refractivity contribution < 1.29 is 14.8 Å². The summed E-state index contributed by atoms with van der Waals surface area (Å²) >= 11 is 1.54. The third-order valence-corrected chi connectivity index (χ3v) is 3.57. The molecule has 1 aromatic carbocycles. The molecule has 0 fully saturated rings. The number of nitrogens with zero attached hydrogens (tertiary/aromatic N) is 2. The lowest BCUT2D eigenvalue weighted by Crippen LogP contribution is -2.18. The van der Waals surface area contributed by atoms with Gasteiger partial charge in [-0.2, -0.15) is 11.3 Å². The topological polar surface area (TPSA) is 83.7 Å². The lowest BCUT2D eigenvalue weighted by atomic mass is 10.1. The van der Waals surface area contributed by atoms with Gasteiger partial charge in [0.25, 0.3) is 0 Å². The van der Waals surface area contributed by atoms with Gasteiger partial charge in [0.1, 0.15) is 11.3 Å². The molecule has 6 nitrogen and oxygen atoms in total. The number of nitro groups is 1. The predicted octanol–water partition coefficient (Wildman–Crippen LogP) is 2.99. The maximum Gasteiger partial charge on any atom is 0.342 e. The number of para-hydroxylation sites is 1. The average Bonchev–Trinajstić information content (AvgIpc) is 2.90. The van der Waals surface area contributed by atoms with Crippen LogP contribution < -0.4 is 4.90 Å². The summed E-state index contributed by atoms with van der Waals surface area (Å²) in [5.41, 5.74) is 0.635. The molecule has 0 atom stereocenters. The number of carboxylic acids is 1. The highest BCUT2D eigenvalue weighted by Crippen LogP contribution is 2.32. The van der Waals surface area contributed by atoms with Crippen LogP contribution in [0.3, 0.4) is 0 Å². The summed E-state index contributed by atoms with van der Waals surface area (Å²) in [5.74, 6) is -1.30. The predicted molar refractivity (Wildman–Crippen MR) is 76.5 cm³/mol. The molecule has 0 radical (unpaired) electrons. The molecule has 1 N–H and O–H groups in total. The number of hydrogen-bond acceptors (Lipinski definition) is 5. The summed E-state index contributed by atoms with van der Waals surface area (Å²) in [6.45, 7) is 0.480. The largest absolute Gasteiger partial charge is 0.477 e. The zero-order valence-corrected chi connectivity index (χ0v) is 11.5. The van der Waals surface area contributed by atoms with Gasteiger partial charge >= 0.3 is 11.7 Å². The lowest BCUT2D eigenvalue weighted by Gasteiger charge is -2.19. The Bertz CT molecular complexity index is 640. The molecule has 0 aliphatic rings. The molecule has 7 heteroatoms. The van der Waals surface area contributed by atoms with Crippen LogP contribution in [0.4, 0.5) is 11.4 Å². The number of thiophene rings is 1. The Kier molecular flexibility index (Phi) is 3.99. The maximum absolute atomic E-state index is 11.2. The van der Waals surface area contributed by atoms with Crippen molar-refractivity contribution in [3.8, 4) is 0 Å². The molecule has 1 heterocycles. The molecule has 2 rings (SSSR count). The fourth-order valence-corrected chi connectivity index (χ4v) is 2.61. The molecule has 0 saturated carbocycles. The van der Waals surface area contributed by atoms with Crippen LogP contribution in [-0.4, -0.2) is 23.0 Å². The number of nitro benzene ring substituents is 1. The molecule has 0 aliphatic carbocycles. The van der Waals surface area contributed by atoms with Crippen LogP contribution in [0.25, 0.3) is 0 Å². The lowest BCUT2D eigenvalue weighted by molar-refractivity contribution is -0.384. The minimum absolute atomic E-state index is 0.293. The summed E-state index contributed by atoms with van der Waals surface area (Å²) in [5, 5.41) is 24.1. The van der Waals surface area contributed by atoms with Gasteiger partial charge < -0.3 is 10.0 Å². The van der Waals surface area contributed by atoms with Crippen molar-refractivity contribution in [1.29, 1.82) is 0 Å². The smallest absolute Gasteiger partial charge is 0.342 e. The van der Waals surface area contributed by atoms with Crippen LogP contribution in [0.2, 0.25) is 0 Å². The van der Waals surface area contributed by atoms with E-state index in [4.69, 9.17) is 5.11 Å². The van der Waals surface area contributed by atoms with Gasteiger partial charge in [-0.25, -0.2) is 4.79 Å². The molecule has 0 saturated heterocycles. The van der Waals surface area contributed by atoms with Crippen LogP contribution in [0.1, 0.15) is 15.9 Å². The van der Waals surface area contributed by atoms with E-state index in [1.807, 2.05) is 16.8 Å². The van der Waals surface area contributed by atoms with E-state index in [1.165, 1.54) is 12.1 Å². The van der Waals surface area contributed by atoms with Crippen LogP contribution in [0.15, 0.2) is 35.0 Å². The van der Waals surface area contributed by atoms with E-state index in [2.05, 4.69) is 0 Å². The second-order valence-corrected chi connectivity index (χ2v) is 5.00. The molecule has 0 spiro atoms. The van der Waals surface area contributed by atoms with E-state index in [1.54, 1.807) is 29.4 Å². The van der Waals surface area contributed by atoms with Gasteiger partial charge in [-0.1, -0.05) is 6.07 Å². The van der Waals surface area contributed by atoms with Gasteiger partial charge in [0, 0.05) is 13.6 Å². The van der Waals surface area contributed by atoms with Crippen molar-refractivity contribution in [3.05, 3.63) is 56.3 Å². The monoisotopic (exact) mass is 292 g/mol. The van der Waals surface area contributed by atoms with Crippen molar-refractivity contribution in [2.75, 3.05) is 11.9 Å². The first kappa shape index (κ1) is 14.0. The van der Waals surface area contributed by atoms with Crippen LogP contribution in [-0.2, 0) is 6.54 Å². The number of hydrogen-bond donors (Lipinski definition) is 1. The zero-order valence-electron chi connectivity index (χ0n) is 10.6. The van der Waals surface area contributed by atoms with Gasteiger partial charge in [0.05, 0.1) is 4.92 Å². The summed E-state index contributed by atoms with van der Waals surface area (Å²) in [6, 6.07) is 6.23. The number of aromatic carboxylic acids is 1. The minimum atomic E-state index is -1.30. The summed E-state index contributed by atoms with van der Waals surface area (Å²) in [7, 11) is 1.70. The van der Waals surface area contributed by atoms with Crippen molar-refractivity contribution in [2.45, 2.75) is 6.54 Å². The molecule has 20 heavy (non-hydrogen) atoms. The van der Waals surface area contributed by atoms with Gasteiger partial charge in [-0.15, -0.1) is 0 Å². The average molecular weight is 292 g/mol. The number of benzene rings is 1. The zero-order chi connectivity index (χ0) is 14.7. The van der Waals surface area contributed by atoms with Gasteiger partial charge in [0.15, 0.2) is 0 Å². The van der Waals surface area contributed by atoms with E-state index in [9.17, 15) is 14.9 Å². The Labute approximate surface area is 119 Å². The third-order valence-electron chi connectivity index (χ3n) is 2.84.